The van der Waals surface area contributed by atoms with Crippen LogP contribution >= 0.6 is 0 Å². The molecular weight excluding hydrogens is 262 g/mol. The summed E-state index contributed by atoms with van der Waals surface area (Å²) in [7, 11) is -3.29. The van der Waals surface area contributed by atoms with Crippen molar-refractivity contribution in [3.05, 3.63) is 0 Å². The summed E-state index contributed by atoms with van der Waals surface area (Å²) in [5.41, 5.74) is 5.46. The maximum atomic E-state index is 12.8. The van der Waals surface area contributed by atoms with E-state index in [0.717, 1.165) is 57.8 Å². The van der Waals surface area contributed by atoms with Crippen molar-refractivity contribution in [2.75, 3.05) is 6.54 Å². The highest BCUT2D eigenvalue weighted by Gasteiger charge is 2.38. The third-order valence-electron chi connectivity index (χ3n) is 4.36. The highest BCUT2D eigenvalue weighted by atomic mass is 32.2. The van der Waals surface area contributed by atoms with Gasteiger partial charge in [0.25, 0.3) is 0 Å². The third-order valence-corrected chi connectivity index (χ3v) is 6.75. The molecule has 0 saturated heterocycles. The van der Waals surface area contributed by atoms with Gasteiger partial charge in [0.1, 0.15) is 5.84 Å². The zero-order chi connectivity index (χ0) is 13.9. The molecule has 0 heterocycles. The Morgan fingerprint density at radius 2 is 1.58 bits per heavy atom. The van der Waals surface area contributed by atoms with Crippen LogP contribution in [0.25, 0.3) is 0 Å². The van der Waals surface area contributed by atoms with Crippen LogP contribution in [0, 0.1) is 5.41 Å². The molecule has 3 N–H and O–H groups in total. The van der Waals surface area contributed by atoms with E-state index in [2.05, 4.69) is 0 Å². The number of nitrogens with one attached hydrogen (secondary N) is 1. The van der Waals surface area contributed by atoms with Gasteiger partial charge in [-0.1, -0.05) is 32.1 Å². The highest BCUT2D eigenvalue weighted by molar-refractivity contribution is 7.89. The van der Waals surface area contributed by atoms with Gasteiger partial charge in [0.2, 0.25) is 10.0 Å². The molecule has 0 aromatic rings. The molecule has 0 aromatic carbocycles. The van der Waals surface area contributed by atoms with Crippen LogP contribution in [0.3, 0.4) is 0 Å². The molecule has 0 aromatic heterocycles. The van der Waals surface area contributed by atoms with Gasteiger partial charge in [-0.2, -0.15) is 4.31 Å². The Balaban J connectivity index is 2.17. The first-order valence-electron chi connectivity index (χ1n) is 7.35. The van der Waals surface area contributed by atoms with Gasteiger partial charge >= 0.3 is 0 Å². The zero-order valence-electron chi connectivity index (χ0n) is 11.5. The lowest BCUT2D eigenvalue weighted by atomic mass is 10.0. The lowest BCUT2D eigenvalue weighted by Gasteiger charge is -2.33. The van der Waals surface area contributed by atoms with Crippen LogP contribution in [0.15, 0.2) is 0 Å². The SMILES string of the molecule is N=C(N)CN(C1CCCC1)S(=O)(=O)C1CCCCC1. The summed E-state index contributed by atoms with van der Waals surface area (Å²) in [4.78, 5) is 0. The number of hydrogen-bond donors (Lipinski definition) is 2. The van der Waals surface area contributed by atoms with Crippen molar-refractivity contribution in [1.82, 2.24) is 4.31 Å². The molecule has 2 saturated carbocycles. The van der Waals surface area contributed by atoms with E-state index in [1.54, 1.807) is 4.31 Å². The lowest BCUT2D eigenvalue weighted by Crippen LogP contribution is -2.48. The fourth-order valence-corrected chi connectivity index (χ4v) is 5.60. The molecule has 0 aliphatic heterocycles. The standard InChI is InChI=1S/C13H25N3O2S/c14-13(15)10-16(11-6-4-5-7-11)19(17,18)12-8-2-1-3-9-12/h11-12H,1-10H2,(H3,14,15). The zero-order valence-corrected chi connectivity index (χ0v) is 12.3. The molecule has 0 spiro atoms. The fourth-order valence-electron chi connectivity index (χ4n) is 3.34. The van der Waals surface area contributed by atoms with E-state index >= 15 is 0 Å². The topological polar surface area (TPSA) is 87.2 Å². The van der Waals surface area contributed by atoms with Crippen LogP contribution in [-0.2, 0) is 10.0 Å². The van der Waals surface area contributed by atoms with Crippen molar-refractivity contribution in [2.24, 2.45) is 5.73 Å². The monoisotopic (exact) mass is 287 g/mol. The second-order valence-corrected chi connectivity index (χ2v) is 7.98. The van der Waals surface area contributed by atoms with Crippen molar-refractivity contribution in [2.45, 2.75) is 69.1 Å². The number of sulfonamides is 1. The molecule has 2 aliphatic carbocycles. The number of hydrogen-bond acceptors (Lipinski definition) is 3. The lowest BCUT2D eigenvalue weighted by molar-refractivity contribution is 0.340. The molecule has 2 fully saturated rings. The van der Waals surface area contributed by atoms with E-state index in [4.69, 9.17) is 11.1 Å². The smallest absolute Gasteiger partial charge is 0.217 e. The Morgan fingerprint density at radius 3 is 2.11 bits per heavy atom. The normalized spacial score (nSPS) is 23.0. The van der Waals surface area contributed by atoms with Crippen LogP contribution in [-0.4, -0.2) is 36.4 Å². The van der Waals surface area contributed by atoms with Gasteiger partial charge in [0, 0.05) is 6.04 Å². The largest absolute Gasteiger partial charge is 0.387 e. The number of nitrogens with two attached hydrogens (primary N) is 1. The Hall–Kier alpha value is -0.620. The van der Waals surface area contributed by atoms with Gasteiger partial charge in [-0.25, -0.2) is 8.42 Å². The summed E-state index contributed by atoms with van der Waals surface area (Å²) in [6, 6.07) is 0.0656. The highest BCUT2D eigenvalue weighted by Crippen LogP contribution is 2.31. The molecule has 5 nitrogen and oxygen atoms in total. The summed E-state index contributed by atoms with van der Waals surface area (Å²) < 4.78 is 27.1. The summed E-state index contributed by atoms with van der Waals surface area (Å²) in [6.45, 7) is 0.0729. The molecule has 2 rings (SSSR count). The Kier molecular flexibility index (Phi) is 4.84. The van der Waals surface area contributed by atoms with Crippen LogP contribution < -0.4 is 5.73 Å². The molecule has 110 valence electrons. The summed E-state index contributed by atoms with van der Waals surface area (Å²) in [5.74, 6) is -0.0497. The Bertz CT molecular complexity index is 410. The second-order valence-electron chi connectivity index (χ2n) is 5.81. The number of amidine groups is 1. The van der Waals surface area contributed by atoms with Gasteiger partial charge in [0.15, 0.2) is 0 Å². The summed E-state index contributed by atoms with van der Waals surface area (Å²) in [6.07, 6.45) is 8.68. The maximum absolute atomic E-state index is 12.8. The predicted octanol–water partition coefficient (Wildman–Crippen LogP) is 1.83. The van der Waals surface area contributed by atoms with Gasteiger partial charge in [0.05, 0.1) is 11.8 Å². The van der Waals surface area contributed by atoms with Gasteiger partial charge in [-0.05, 0) is 25.7 Å². The quantitative estimate of drug-likeness (QED) is 0.597. The van der Waals surface area contributed by atoms with Crippen molar-refractivity contribution in [3.8, 4) is 0 Å². The predicted molar refractivity (Wildman–Crippen MR) is 76.7 cm³/mol. The van der Waals surface area contributed by atoms with E-state index in [1.807, 2.05) is 0 Å². The molecule has 0 radical (unpaired) electrons. The minimum absolute atomic E-state index is 0.0497. The molecule has 0 unspecified atom stereocenters. The van der Waals surface area contributed by atoms with E-state index in [-0.39, 0.29) is 23.7 Å². The van der Waals surface area contributed by atoms with E-state index in [9.17, 15) is 8.42 Å². The average molecular weight is 287 g/mol. The Labute approximate surface area is 116 Å². The molecule has 0 bridgehead atoms. The van der Waals surface area contributed by atoms with E-state index < -0.39 is 10.0 Å². The molecule has 2 aliphatic rings. The third kappa shape index (κ3) is 3.48. The summed E-state index contributed by atoms with van der Waals surface area (Å²) in [5, 5.41) is 7.21. The van der Waals surface area contributed by atoms with Gasteiger partial charge < -0.3 is 5.73 Å². The van der Waals surface area contributed by atoms with Crippen LogP contribution in [0.2, 0.25) is 0 Å². The van der Waals surface area contributed by atoms with Crippen molar-refractivity contribution in [3.63, 3.8) is 0 Å². The fraction of sp³-hybridized carbons (Fsp3) is 0.923. The molecule has 0 atom stereocenters. The number of rotatable bonds is 5. The minimum Gasteiger partial charge on any atom is -0.387 e. The molecule has 6 heteroatoms. The first-order chi connectivity index (χ1) is 9.01. The Morgan fingerprint density at radius 1 is 1.05 bits per heavy atom. The second kappa shape index (κ2) is 6.22. The van der Waals surface area contributed by atoms with Crippen molar-refractivity contribution >= 4 is 15.9 Å². The van der Waals surface area contributed by atoms with Crippen molar-refractivity contribution < 1.29 is 8.42 Å². The maximum Gasteiger partial charge on any atom is 0.217 e. The average Bonchev–Trinajstić information content (AvgIpc) is 2.90. The van der Waals surface area contributed by atoms with Crippen molar-refractivity contribution in [1.29, 1.82) is 5.41 Å². The first-order valence-corrected chi connectivity index (χ1v) is 8.85. The van der Waals surface area contributed by atoms with Gasteiger partial charge in [-0.3, -0.25) is 5.41 Å². The molecule has 19 heavy (non-hydrogen) atoms. The summed E-state index contributed by atoms with van der Waals surface area (Å²) >= 11 is 0. The van der Waals surface area contributed by atoms with E-state index in [0.29, 0.717) is 0 Å². The van der Waals surface area contributed by atoms with Gasteiger partial charge in [-0.15, -0.1) is 0 Å². The number of nitrogens with zero attached hydrogens (tertiary/aromatic N) is 1. The van der Waals surface area contributed by atoms with E-state index in [1.165, 1.54) is 0 Å². The van der Waals surface area contributed by atoms with Crippen LogP contribution in [0.1, 0.15) is 57.8 Å². The van der Waals surface area contributed by atoms with Crippen LogP contribution in [0.5, 0.6) is 0 Å². The first kappa shape index (κ1) is 14.8. The van der Waals surface area contributed by atoms with Crippen LogP contribution in [0.4, 0.5) is 0 Å². The minimum atomic E-state index is -3.29. The molecule has 0 amide bonds. The molecular formula is C13H25N3O2S.